The average molecular weight is 224 g/mol. The summed E-state index contributed by atoms with van der Waals surface area (Å²) >= 11 is 0. The first kappa shape index (κ1) is 10.7. The molecule has 0 aliphatic rings. The van der Waals surface area contributed by atoms with Crippen molar-refractivity contribution < 1.29 is 8.78 Å². The summed E-state index contributed by atoms with van der Waals surface area (Å²) in [6.07, 6.45) is 1.50. The molecule has 1 aromatic carbocycles. The van der Waals surface area contributed by atoms with Crippen LogP contribution in [0.2, 0.25) is 0 Å². The number of hydrogen-bond donors (Lipinski definition) is 2. The first-order chi connectivity index (χ1) is 7.70. The van der Waals surface area contributed by atoms with Crippen LogP contribution in [0.3, 0.4) is 0 Å². The predicted octanol–water partition coefficient (Wildman–Crippen LogP) is 1.39. The maximum atomic E-state index is 13.1. The molecular formula is C10H10F2N4. The molecule has 0 bridgehead atoms. The van der Waals surface area contributed by atoms with Crippen molar-refractivity contribution in [2.75, 3.05) is 7.05 Å². The molecule has 0 spiro atoms. The van der Waals surface area contributed by atoms with Gasteiger partial charge >= 0.3 is 0 Å². The molecule has 1 unspecified atom stereocenters. The number of benzene rings is 1. The van der Waals surface area contributed by atoms with Crippen LogP contribution in [0.15, 0.2) is 24.4 Å². The van der Waals surface area contributed by atoms with E-state index in [0.29, 0.717) is 11.3 Å². The number of rotatable bonds is 3. The zero-order valence-corrected chi connectivity index (χ0v) is 8.54. The summed E-state index contributed by atoms with van der Waals surface area (Å²) < 4.78 is 26.1. The molecule has 0 radical (unpaired) electrons. The third-order valence-corrected chi connectivity index (χ3v) is 2.24. The number of H-pyrrole nitrogens is 1. The summed E-state index contributed by atoms with van der Waals surface area (Å²) in [4.78, 5) is 0. The van der Waals surface area contributed by atoms with Crippen LogP contribution in [-0.4, -0.2) is 22.5 Å². The minimum atomic E-state index is -0.612. The Labute approximate surface area is 90.7 Å². The lowest BCUT2D eigenvalue weighted by Crippen LogP contribution is -2.18. The lowest BCUT2D eigenvalue weighted by atomic mass is 10.0. The quantitative estimate of drug-likeness (QED) is 0.828. The minimum Gasteiger partial charge on any atom is -0.308 e. The number of aromatic amines is 1. The molecule has 0 saturated carbocycles. The van der Waals surface area contributed by atoms with E-state index < -0.39 is 11.6 Å². The fourth-order valence-electron chi connectivity index (χ4n) is 1.58. The normalized spacial score (nSPS) is 12.7. The van der Waals surface area contributed by atoms with Gasteiger partial charge in [0, 0.05) is 6.07 Å². The van der Waals surface area contributed by atoms with Crippen molar-refractivity contribution in [3.8, 4) is 0 Å². The lowest BCUT2D eigenvalue weighted by molar-refractivity contribution is 0.570. The molecule has 2 aromatic rings. The van der Waals surface area contributed by atoms with Gasteiger partial charge in [0.25, 0.3) is 0 Å². The number of aromatic nitrogens is 3. The Morgan fingerprint density at radius 2 is 1.94 bits per heavy atom. The first-order valence-corrected chi connectivity index (χ1v) is 4.69. The molecule has 1 aromatic heterocycles. The molecule has 16 heavy (non-hydrogen) atoms. The van der Waals surface area contributed by atoms with E-state index >= 15 is 0 Å². The Morgan fingerprint density at radius 1 is 1.25 bits per heavy atom. The van der Waals surface area contributed by atoms with E-state index in [1.807, 2.05) is 0 Å². The van der Waals surface area contributed by atoms with Crippen molar-refractivity contribution in [1.82, 2.24) is 20.7 Å². The Bertz CT molecular complexity index is 449. The number of hydrogen-bond acceptors (Lipinski definition) is 3. The molecule has 1 atom stereocenters. The van der Waals surface area contributed by atoms with E-state index in [-0.39, 0.29) is 6.04 Å². The third kappa shape index (κ3) is 2.06. The van der Waals surface area contributed by atoms with Gasteiger partial charge < -0.3 is 5.32 Å². The van der Waals surface area contributed by atoms with Gasteiger partial charge in [0.1, 0.15) is 17.3 Å². The van der Waals surface area contributed by atoms with Crippen LogP contribution in [0.5, 0.6) is 0 Å². The number of nitrogens with one attached hydrogen (secondary N) is 2. The van der Waals surface area contributed by atoms with Crippen molar-refractivity contribution in [2.24, 2.45) is 0 Å². The molecule has 0 saturated heterocycles. The van der Waals surface area contributed by atoms with E-state index in [9.17, 15) is 8.78 Å². The van der Waals surface area contributed by atoms with Crippen LogP contribution in [0, 0.1) is 11.6 Å². The highest BCUT2D eigenvalue weighted by atomic mass is 19.1. The third-order valence-electron chi connectivity index (χ3n) is 2.24. The van der Waals surface area contributed by atoms with Gasteiger partial charge in [-0.1, -0.05) is 0 Å². The summed E-state index contributed by atoms with van der Waals surface area (Å²) in [5.74, 6) is -1.22. The van der Waals surface area contributed by atoms with Gasteiger partial charge in [0.2, 0.25) is 0 Å². The summed E-state index contributed by atoms with van der Waals surface area (Å²) in [6, 6.07) is 2.97. The second-order valence-corrected chi connectivity index (χ2v) is 3.32. The van der Waals surface area contributed by atoms with Crippen LogP contribution in [0.25, 0.3) is 0 Å². The van der Waals surface area contributed by atoms with Gasteiger partial charge in [-0.25, -0.2) is 8.78 Å². The molecule has 0 aliphatic heterocycles. The summed E-state index contributed by atoms with van der Waals surface area (Å²) in [6.45, 7) is 0. The standard InChI is InChI=1S/C10H10F2N4/c1-13-10(9-5-14-16-15-9)6-2-7(11)4-8(12)3-6/h2-5,10,13H,1H3,(H,14,15,16). The van der Waals surface area contributed by atoms with E-state index in [1.54, 1.807) is 7.05 Å². The van der Waals surface area contributed by atoms with Crippen LogP contribution in [0.4, 0.5) is 8.78 Å². The van der Waals surface area contributed by atoms with Crippen LogP contribution < -0.4 is 5.32 Å². The van der Waals surface area contributed by atoms with E-state index in [2.05, 4.69) is 20.7 Å². The molecule has 4 nitrogen and oxygen atoms in total. The second kappa shape index (κ2) is 4.36. The number of halogens is 2. The van der Waals surface area contributed by atoms with E-state index in [0.717, 1.165) is 6.07 Å². The maximum Gasteiger partial charge on any atom is 0.126 e. The van der Waals surface area contributed by atoms with Gasteiger partial charge in [-0.05, 0) is 24.7 Å². The van der Waals surface area contributed by atoms with Crippen molar-refractivity contribution in [3.63, 3.8) is 0 Å². The fraction of sp³-hybridized carbons (Fsp3) is 0.200. The van der Waals surface area contributed by atoms with Crippen molar-refractivity contribution >= 4 is 0 Å². The van der Waals surface area contributed by atoms with Gasteiger partial charge in [0.05, 0.1) is 12.2 Å². The van der Waals surface area contributed by atoms with Gasteiger partial charge in [-0.3, -0.25) is 0 Å². The van der Waals surface area contributed by atoms with Gasteiger partial charge in [-0.15, -0.1) is 0 Å². The Morgan fingerprint density at radius 3 is 2.44 bits per heavy atom. The zero-order valence-electron chi connectivity index (χ0n) is 8.54. The monoisotopic (exact) mass is 224 g/mol. The molecule has 1 heterocycles. The van der Waals surface area contributed by atoms with Crippen LogP contribution in [-0.2, 0) is 0 Å². The highest BCUT2D eigenvalue weighted by molar-refractivity contribution is 5.27. The predicted molar refractivity (Wildman–Crippen MR) is 53.6 cm³/mol. The molecule has 6 heteroatoms. The Balaban J connectivity index is 2.41. The van der Waals surface area contributed by atoms with Crippen LogP contribution >= 0.6 is 0 Å². The van der Waals surface area contributed by atoms with Crippen molar-refractivity contribution in [1.29, 1.82) is 0 Å². The zero-order chi connectivity index (χ0) is 11.5. The lowest BCUT2D eigenvalue weighted by Gasteiger charge is -2.13. The summed E-state index contributed by atoms with van der Waals surface area (Å²) in [5, 5.41) is 12.9. The maximum absolute atomic E-state index is 13.1. The topological polar surface area (TPSA) is 53.6 Å². The van der Waals surface area contributed by atoms with Crippen molar-refractivity contribution in [2.45, 2.75) is 6.04 Å². The first-order valence-electron chi connectivity index (χ1n) is 4.69. The molecule has 0 fully saturated rings. The SMILES string of the molecule is CNC(c1cc(F)cc(F)c1)c1cn[nH]n1. The molecule has 2 N–H and O–H groups in total. The Kier molecular flexibility index (Phi) is 2.91. The smallest absolute Gasteiger partial charge is 0.126 e. The fourth-order valence-corrected chi connectivity index (χ4v) is 1.58. The molecule has 2 rings (SSSR count). The van der Waals surface area contributed by atoms with Crippen molar-refractivity contribution in [3.05, 3.63) is 47.3 Å². The van der Waals surface area contributed by atoms with E-state index in [1.165, 1.54) is 18.3 Å². The number of nitrogens with zero attached hydrogens (tertiary/aromatic N) is 2. The van der Waals surface area contributed by atoms with Gasteiger partial charge in [-0.2, -0.15) is 15.4 Å². The van der Waals surface area contributed by atoms with Crippen LogP contribution in [0.1, 0.15) is 17.3 Å². The molecule has 84 valence electrons. The summed E-state index contributed by atoms with van der Waals surface area (Å²) in [5.41, 5.74) is 1.04. The molecule has 0 aliphatic carbocycles. The summed E-state index contributed by atoms with van der Waals surface area (Å²) in [7, 11) is 1.68. The van der Waals surface area contributed by atoms with E-state index in [4.69, 9.17) is 0 Å². The molecule has 0 amide bonds. The second-order valence-electron chi connectivity index (χ2n) is 3.32. The minimum absolute atomic E-state index is 0.385. The Hall–Kier alpha value is -1.82. The average Bonchev–Trinajstić information content (AvgIpc) is 2.70. The highest BCUT2D eigenvalue weighted by Gasteiger charge is 2.16. The highest BCUT2D eigenvalue weighted by Crippen LogP contribution is 2.20. The largest absolute Gasteiger partial charge is 0.308 e. The van der Waals surface area contributed by atoms with Gasteiger partial charge in [0.15, 0.2) is 0 Å². The molecular weight excluding hydrogens is 214 g/mol.